The highest BCUT2D eigenvalue weighted by Gasteiger charge is 2.22. The van der Waals surface area contributed by atoms with Gasteiger partial charge in [-0.15, -0.1) is 24.8 Å². The van der Waals surface area contributed by atoms with Crippen LogP contribution in [0.5, 0.6) is 0 Å². The summed E-state index contributed by atoms with van der Waals surface area (Å²) in [6, 6.07) is 0.207. The Labute approximate surface area is 96.0 Å². The third kappa shape index (κ3) is 7.01. The number of piperidine rings is 1. The van der Waals surface area contributed by atoms with Crippen molar-refractivity contribution in [2.75, 3.05) is 19.4 Å². The van der Waals surface area contributed by atoms with E-state index in [4.69, 9.17) is 15.5 Å². The molecule has 0 aromatic rings. The third-order valence-corrected chi connectivity index (χ3v) is 2.78. The van der Waals surface area contributed by atoms with Gasteiger partial charge in [0.05, 0.1) is 0 Å². The van der Waals surface area contributed by atoms with Gasteiger partial charge in [-0.1, -0.05) is 0 Å². The van der Waals surface area contributed by atoms with Gasteiger partial charge in [0.25, 0.3) is 0 Å². The van der Waals surface area contributed by atoms with Crippen LogP contribution < -0.4 is 5.73 Å². The molecule has 0 aromatic carbocycles. The van der Waals surface area contributed by atoms with E-state index in [1.165, 1.54) is 0 Å². The van der Waals surface area contributed by atoms with Crippen LogP contribution in [0, 0.1) is 0 Å². The van der Waals surface area contributed by atoms with Crippen molar-refractivity contribution >= 4 is 32.4 Å². The Bertz CT molecular complexity index is 194. The number of rotatable bonds is 2. The molecule has 14 heavy (non-hydrogen) atoms. The fraction of sp³-hybridized carbons (Fsp3) is 1.00. The van der Waals surface area contributed by atoms with E-state index in [2.05, 4.69) is 0 Å². The number of halogens is 2. The summed E-state index contributed by atoms with van der Waals surface area (Å²) < 4.78 is 10.6. The van der Waals surface area contributed by atoms with Crippen molar-refractivity contribution in [3.8, 4) is 0 Å². The molecule has 0 saturated carbocycles. The second-order valence-electron chi connectivity index (χ2n) is 3.26. The van der Waals surface area contributed by atoms with Gasteiger partial charge in [0.15, 0.2) is 0 Å². The van der Waals surface area contributed by atoms with Gasteiger partial charge in [0, 0.05) is 19.1 Å². The van der Waals surface area contributed by atoms with Gasteiger partial charge in [-0.2, -0.15) is 0 Å². The van der Waals surface area contributed by atoms with E-state index >= 15 is 0 Å². The minimum atomic E-state index is -3.87. The van der Waals surface area contributed by atoms with Crippen LogP contribution >= 0.6 is 32.4 Å². The Morgan fingerprint density at radius 1 is 1.29 bits per heavy atom. The van der Waals surface area contributed by atoms with Crippen molar-refractivity contribution in [2.45, 2.75) is 18.9 Å². The van der Waals surface area contributed by atoms with Crippen LogP contribution in [-0.2, 0) is 4.57 Å². The van der Waals surface area contributed by atoms with Crippen LogP contribution in [0.25, 0.3) is 0 Å². The third-order valence-electron chi connectivity index (χ3n) is 2.02. The van der Waals surface area contributed by atoms with Crippen molar-refractivity contribution in [2.24, 2.45) is 5.73 Å². The normalized spacial score (nSPS) is 19.6. The van der Waals surface area contributed by atoms with Gasteiger partial charge in [-0.05, 0) is 12.8 Å². The van der Waals surface area contributed by atoms with Crippen molar-refractivity contribution in [3.05, 3.63) is 0 Å². The van der Waals surface area contributed by atoms with Crippen LogP contribution in [0.2, 0.25) is 0 Å². The second kappa shape index (κ2) is 7.01. The zero-order valence-corrected chi connectivity index (χ0v) is 10.2. The molecule has 1 saturated heterocycles. The van der Waals surface area contributed by atoms with Crippen LogP contribution in [0.3, 0.4) is 0 Å². The van der Waals surface area contributed by atoms with Crippen molar-refractivity contribution in [3.63, 3.8) is 0 Å². The molecule has 1 rings (SSSR count). The van der Waals surface area contributed by atoms with E-state index < -0.39 is 7.60 Å². The molecular formula is C6H17Cl2N2O3P. The summed E-state index contributed by atoms with van der Waals surface area (Å²) in [6.07, 6.45) is 1.54. The van der Waals surface area contributed by atoms with E-state index in [-0.39, 0.29) is 37.1 Å². The Hall–Kier alpha value is 0.650. The molecule has 1 aliphatic heterocycles. The van der Waals surface area contributed by atoms with Gasteiger partial charge < -0.3 is 15.5 Å². The van der Waals surface area contributed by atoms with Crippen molar-refractivity contribution in [1.82, 2.24) is 4.90 Å². The lowest BCUT2D eigenvalue weighted by Gasteiger charge is -2.29. The second-order valence-corrected chi connectivity index (χ2v) is 4.87. The summed E-state index contributed by atoms with van der Waals surface area (Å²) >= 11 is 0. The Kier molecular flexibility index (Phi) is 8.54. The van der Waals surface area contributed by atoms with E-state index in [0.29, 0.717) is 13.1 Å². The Balaban J connectivity index is 0. The predicted molar refractivity (Wildman–Crippen MR) is 60.2 cm³/mol. The largest absolute Gasteiger partial charge is 0.339 e. The van der Waals surface area contributed by atoms with Crippen LogP contribution in [0.15, 0.2) is 0 Å². The van der Waals surface area contributed by atoms with Gasteiger partial charge in [0.2, 0.25) is 0 Å². The smallest absolute Gasteiger partial charge is 0.328 e. The molecule has 88 valence electrons. The van der Waals surface area contributed by atoms with Crippen molar-refractivity contribution < 1.29 is 14.4 Å². The van der Waals surface area contributed by atoms with Gasteiger partial charge >= 0.3 is 7.60 Å². The first-order valence-corrected chi connectivity index (χ1v) is 5.79. The molecule has 5 nitrogen and oxygen atoms in total. The maximum absolute atomic E-state index is 10.6. The highest BCUT2D eigenvalue weighted by molar-refractivity contribution is 7.51. The molecule has 0 radical (unpaired) electrons. The SMILES string of the molecule is Cl.Cl.NC1CCN(CP(=O)(O)O)CC1. The van der Waals surface area contributed by atoms with Gasteiger partial charge in [0.1, 0.15) is 6.29 Å². The zero-order chi connectivity index (χ0) is 9.19. The quantitative estimate of drug-likeness (QED) is 0.630. The Morgan fingerprint density at radius 3 is 2.07 bits per heavy atom. The summed E-state index contributed by atoms with van der Waals surface area (Å²) in [6.45, 7) is 1.40. The topological polar surface area (TPSA) is 86.8 Å². The number of nitrogens with two attached hydrogens (primary N) is 1. The molecule has 0 amide bonds. The average Bonchev–Trinajstić information content (AvgIpc) is 1.91. The fourth-order valence-corrected chi connectivity index (χ4v) is 2.16. The molecule has 0 spiro atoms. The number of hydrogen-bond donors (Lipinski definition) is 3. The lowest BCUT2D eigenvalue weighted by atomic mass is 10.1. The first kappa shape index (κ1) is 17.1. The van der Waals surface area contributed by atoms with Gasteiger partial charge in [-0.25, -0.2) is 0 Å². The lowest BCUT2D eigenvalue weighted by Crippen LogP contribution is -2.39. The Morgan fingerprint density at radius 2 is 1.71 bits per heavy atom. The minimum Gasteiger partial charge on any atom is -0.328 e. The first-order chi connectivity index (χ1) is 5.47. The highest BCUT2D eigenvalue weighted by Crippen LogP contribution is 2.35. The maximum atomic E-state index is 10.6. The fourth-order valence-electron chi connectivity index (χ4n) is 1.35. The molecule has 4 N–H and O–H groups in total. The molecule has 8 heteroatoms. The number of nitrogens with zero attached hydrogens (tertiary/aromatic N) is 1. The molecular weight excluding hydrogens is 250 g/mol. The summed E-state index contributed by atoms with van der Waals surface area (Å²) in [5, 5.41) is 0. The molecule has 0 bridgehead atoms. The minimum absolute atomic E-state index is 0. The monoisotopic (exact) mass is 266 g/mol. The molecule has 0 aromatic heterocycles. The maximum Gasteiger partial charge on any atom is 0.339 e. The molecule has 1 aliphatic rings. The molecule has 1 fully saturated rings. The van der Waals surface area contributed by atoms with Gasteiger partial charge in [-0.3, -0.25) is 9.46 Å². The van der Waals surface area contributed by atoms with E-state index in [1.54, 1.807) is 4.90 Å². The summed E-state index contributed by atoms with van der Waals surface area (Å²) in [4.78, 5) is 19.1. The average molecular weight is 267 g/mol. The molecule has 0 aliphatic carbocycles. The molecule has 0 unspecified atom stereocenters. The number of hydrogen-bond acceptors (Lipinski definition) is 3. The summed E-state index contributed by atoms with van der Waals surface area (Å²) in [7, 11) is -3.87. The van der Waals surface area contributed by atoms with Crippen molar-refractivity contribution in [1.29, 1.82) is 0 Å². The van der Waals surface area contributed by atoms with Crippen LogP contribution in [-0.4, -0.2) is 40.1 Å². The molecule has 1 heterocycles. The first-order valence-electron chi connectivity index (χ1n) is 4.00. The highest BCUT2D eigenvalue weighted by atomic mass is 35.5. The predicted octanol–water partition coefficient (Wildman–Crippen LogP) is 0.388. The lowest BCUT2D eigenvalue weighted by molar-refractivity contribution is 0.224. The zero-order valence-electron chi connectivity index (χ0n) is 7.70. The van der Waals surface area contributed by atoms with E-state index in [1.807, 2.05) is 0 Å². The molecule has 0 atom stereocenters. The van der Waals surface area contributed by atoms with E-state index in [9.17, 15) is 4.57 Å². The number of likely N-dealkylation sites (tertiary alicyclic amines) is 1. The van der Waals surface area contributed by atoms with E-state index in [0.717, 1.165) is 12.8 Å². The summed E-state index contributed by atoms with van der Waals surface area (Å²) in [5.74, 6) is 0. The summed E-state index contributed by atoms with van der Waals surface area (Å²) in [5.41, 5.74) is 5.64. The van der Waals surface area contributed by atoms with Crippen LogP contribution in [0.4, 0.5) is 0 Å². The standard InChI is InChI=1S/C6H15N2O3P.2ClH/c7-6-1-3-8(4-2-6)5-12(9,10)11;;/h6H,1-5,7H2,(H2,9,10,11);2*1H. The van der Waals surface area contributed by atoms with Crippen LogP contribution in [0.1, 0.15) is 12.8 Å².